The van der Waals surface area contributed by atoms with Gasteiger partial charge in [0.1, 0.15) is 18.3 Å². The van der Waals surface area contributed by atoms with Gasteiger partial charge in [-0.3, -0.25) is 13.9 Å². The van der Waals surface area contributed by atoms with Crippen LogP contribution in [0.5, 0.6) is 5.75 Å². The average molecular weight is 635 g/mol. The van der Waals surface area contributed by atoms with Gasteiger partial charge in [-0.15, -0.1) is 0 Å². The first-order chi connectivity index (χ1) is 19.9. The van der Waals surface area contributed by atoms with Crippen LogP contribution in [0.15, 0.2) is 72.8 Å². The van der Waals surface area contributed by atoms with Crippen LogP contribution in [0.3, 0.4) is 0 Å². The number of ether oxygens (including phenoxy) is 1. The van der Waals surface area contributed by atoms with Crippen LogP contribution in [0.2, 0.25) is 10.0 Å². The molecule has 0 unspecified atom stereocenters. The molecular formula is C31H37Cl2N3O5S. The van der Waals surface area contributed by atoms with Crippen molar-refractivity contribution in [3.05, 3.63) is 94.0 Å². The first-order valence-corrected chi connectivity index (χ1v) is 16.3. The number of carbonyl (C=O) groups excluding carboxylic acids is 2. The molecule has 0 aliphatic rings. The number of anilines is 1. The highest BCUT2D eigenvalue weighted by Crippen LogP contribution is 2.26. The molecule has 0 radical (unpaired) electrons. The van der Waals surface area contributed by atoms with E-state index in [0.29, 0.717) is 40.1 Å². The number of nitrogens with zero attached hydrogens (tertiary/aromatic N) is 2. The standard InChI is InChI=1S/C31H37Cl2N3O5S/c1-5-22(3)34-31(38)29(19-23-10-8-7-9-11-23)35(20-24-12-17-27(32)28(33)18-24)30(37)21-36(42(4,39)40)25-13-15-26(16-14-25)41-6-2/h7-18,22,29H,5-6,19-21H2,1-4H3,(H,34,38)/t22-,29-/m1/s1. The van der Waals surface area contributed by atoms with E-state index < -0.39 is 28.5 Å². The van der Waals surface area contributed by atoms with E-state index >= 15 is 0 Å². The molecule has 0 spiro atoms. The number of rotatable bonds is 14. The number of hydrogen-bond donors (Lipinski definition) is 1. The summed E-state index contributed by atoms with van der Waals surface area (Å²) >= 11 is 12.4. The number of benzene rings is 3. The van der Waals surface area contributed by atoms with E-state index in [1.165, 1.54) is 4.90 Å². The predicted molar refractivity (Wildman–Crippen MR) is 169 cm³/mol. The van der Waals surface area contributed by atoms with Gasteiger partial charge in [0, 0.05) is 19.0 Å². The molecule has 0 heterocycles. The second-order valence-corrected chi connectivity index (χ2v) is 12.7. The van der Waals surface area contributed by atoms with Crippen molar-refractivity contribution in [2.45, 2.75) is 52.2 Å². The van der Waals surface area contributed by atoms with Crippen molar-refractivity contribution in [1.82, 2.24) is 10.2 Å². The van der Waals surface area contributed by atoms with E-state index in [-0.39, 0.29) is 24.9 Å². The third kappa shape index (κ3) is 9.37. The summed E-state index contributed by atoms with van der Waals surface area (Å²) in [5.74, 6) is -0.318. The molecule has 0 saturated heterocycles. The fourth-order valence-corrected chi connectivity index (χ4v) is 5.49. The second-order valence-electron chi connectivity index (χ2n) is 9.99. The lowest BCUT2D eigenvalue weighted by Gasteiger charge is -2.34. The fraction of sp³-hybridized carbons (Fsp3) is 0.355. The van der Waals surface area contributed by atoms with Gasteiger partial charge in [0.05, 0.1) is 28.6 Å². The Morgan fingerprint density at radius 1 is 0.929 bits per heavy atom. The predicted octanol–water partition coefficient (Wildman–Crippen LogP) is 5.71. The summed E-state index contributed by atoms with van der Waals surface area (Å²) in [6, 6.07) is 19.7. The lowest BCUT2D eigenvalue weighted by atomic mass is 10.0. The minimum absolute atomic E-state index is 0.00201. The van der Waals surface area contributed by atoms with Gasteiger partial charge in [-0.25, -0.2) is 8.42 Å². The van der Waals surface area contributed by atoms with Crippen LogP contribution in [0.4, 0.5) is 5.69 Å². The van der Waals surface area contributed by atoms with Crippen LogP contribution in [0, 0.1) is 0 Å². The maximum Gasteiger partial charge on any atom is 0.244 e. The third-order valence-electron chi connectivity index (χ3n) is 6.72. The zero-order valence-electron chi connectivity index (χ0n) is 24.2. The van der Waals surface area contributed by atoms with E-state index in [0.717, 1.165) is 16.1 Å². The monoisotopic (exact) mass is 633 g/mol. The van der Waals surface area contributed by atoms with Gasteiger partial charge >= 0.3 is 0 Å². The Hall–Kier alpha value is -3.27. The van der Waals surface area contributed by atoms with Crippen molar-refractivity contribution in [3.63, 3.8) is 0 Å². The van der Waals surface area contributed by atoms with Crippen molar-refractivity contribution < 1.29 is 22.7 Å². The van der Waals surface area contributed by atoms with E-state index in [1.807, 2.05) is 51.1 Å². The molecule has 0 aliphatic carbocycles. The summed E-state index contributed by atoms with van der Waals surface area (Å²) in [7, 11) is -3.88. The third-order valence-corrected chi connectivity index (χ3v) is 8.60. The van der Waals surface area contributed by atoms with Crippen LogP contribution in [0.25, 0.3) is 0 Å². The molecule has 8 nitrogen and oxygen atoms in total. The summed E-state index contributed by atoms with van der Waals surface area (Å²) in [4.78, 5) is 29.3. The SMILES string of the molecule is CCOc1ccc(N(CC(=O)N(Cc2ccc(Cl)c(Cl)c2)[C@H](Cc2ccccc2)C(=O)N[C@H](C)CC)S(C)(=O)=O)cc1. The molecule has 3 aromatic carbocycles. The highest BCUT2D eigenvalue weighted by atomic mass is 35.5. The molecule has 0 fully saturated rings. The van der Waals surface area contributed by atoms with Gasteiger partial charge < -0.3 is 15.0 Å². The average Bonchev–Trinajstić information content (AvgIpc) is 2.95. The highest BCUT2D eigenvalue weighted by molar-refractivity contribution is 7.92. The Labute approximate surface area is 258 Å². The van der Waals surface area contributed by atoms with E-state index in [9.17, 15) is 18.0 Å². The van der Waals surface area contributed by atoms with E-state index in [4.69, 9.17) is 27.9 Å². The Balaban J connectivity index is 2.06. The Kier molecular flexibility index (Phi) is 12.1. The van der Waals surface area contributed by atoms with Crippen LogP contribution >= 0.6 is 23.2 Å². The van der Waals surface area contributed by atoms with Crippen LogP contribution in [-0.4, -0.2) is 56.6 Å². The lowest BCUT2D eigenvalue weighted by Crippen LogP contribution is -2.54. The van der Waals surface area contributed by atoms with Gasteiger partial charge in [-0.1, -0.05) is 66.5 Å². The molecule has 0 aliphatic heterocycles. The zero-order valence-corrected chi connectivity index (χ0v) is 26.5. The van der Waals surface area contributed by atoms with Crippen LogP contribution in [0.1, 0.15) is 38.3 Å². The smallest absolute Gasteiger partial charge is 0.244 e. The quantitative estimate of drug-likeness (QED) is 0.245. The molecule has 2 amide bonds. The number of hydrogen-bond acceptors (Lipinski definition) is 5. The van der Waals surface area contributed by atoms with Gasteiger partial charge in [0.25, 0.3) is 0 Å². The summed E-state index contributed by atoms with van der Waals surface area (Å²) in [6.45, 7) is 5.63. The summed E-state index contributed by atoms with van der Waals surface area (Å²) in [5.41, 5.74) is 1.78. The molecular weight excluding hydrogens is 597 g/mol. The Morgan fingerprint density at radius 3 is 2.17 bits per heavy atom. The maximum atomic E-state index is 14.1. The van der Waals surface area contributed by atoms with Crippen molar-refractivity contribution in [2.75, 3.05) is 23.7 Å². The first kappa shape index (κ1) is 33.2. The van der Waals surface area contributed by atoms with Crippen molar-refractivity contribution >= 4 is 50.7 Å². The van der Waals surface area contributed by atoms with Crippen molar-refractivity contribution in [2.24, 2.45) is 0 Å². The number of sulfonamides is 1. The molecule has 42 heavy (non-hydrogen) atoms. The zero-order chi connectivity index (χ0) is 30.9. The molecule has 1 N–H and O–H groups in total. The summed E-state index contributed by atoms with van der Waals surface area (Å²) in [6.07, 6.45) is 1.96. The fourth-order valence-electron chi connectivity index (χ4n) is 4.32. The molecule has 3 aromatic rings. The lowest BCUT2D eigenvalue weighted by molar-refractivity contribution is -0.140. The molecule has 3 rings (SSSR count). The number of amides is 2. The molecule has 11 heteroatoms. The van der Waals surface area contributed by atoms with Crippen molar-refractivity contribution in [1.29, 1.82) is 0 Å². The van der Waals surface area contributed by atoms with Gasteiger partial charge in [-0.05, 0) is 67.8 Å². The van der Waals surface area contributed by atoms with E-state index in [1.54, 1.807) is 42.5 Å². The number of halogens is 2. The largest absolute Gasteiger partial charge is 0.494 e. The van der Waals surface area contributed by atoms with Gasteiger partial charge in [0.2, 0.25) is 21.8 Å². The Bertz CT molecular complexity index is 1450. The minimum atomic E-state index is -3.88. The highest BCUT2D eigenvalue weighted by Gasteiger charge is 2.33. The Morgan fingerprint density at radius 2 is 1.60 bits per heavy atom. The summed E-state index contributed by atoms with van der Waals surface area (Å²) in [5, 5.41) is 3.66. The van der Waals surface area contributed by atoms with Crippen molar-refractivity contribution in [3.8, 4) is 5.75 Å². The molecule has 226 valence electrons. The van der Waals surface area contributed by atoms with E-state index in [2.05, 4.69) is 5.32 Å². The molecule has 0 aromatic heterocycles. The number of carbonyl (C=O) groups is 2. The molecule has 0 bridgehead atoms. The topological polar surface area (TPSA) is 96.0 Å². The normalized spacial score (nSPS) is 12.7. The molecule has 0 saturated carbocycles. The maximum absolute atomic E-state index is 14.1. The second kappa shape index (κ2) is 15.3. The number of nitrogens with one attached hydrogen (secondary N) is 1. The van der Waals surface area contributed by atoms with Gasteiger partial charge in [0.15, 0.2) is 0 Å². The van der Waals surface area contributed by atoms with Gasteiger partial charge in [-0.2, -0.15) is 0 Å². The summed E-state index contributed by atoms with van der Waals surface area (Å²) < 4.78 is 32.4. The van der Waals surface area contributed by atoms with Crippen LogP contribution < -0.4 is 14.4 Å². The molecule has 2 atom stereocenters. The minimum Gasteiger partial charge on any atom is -0.494 e. The first-order valence-electron chi connectivity index (χ1n) is 13.7. The van der Waals surface area contributed by atoms with Crippen LogP contribution in [-0.2, 0) is 32.6 Å².